The summed E-state index contributed by atoms with van der Waals surface area (Å²) < 4.78 is 16.4. The molecular formula is C44H54N8O13. The summed E-state index contributed by atoms with van der Waals surface area (Å²) in [5.41, 5.74) is 12.6. The second-order valence-corrected chi connectivity index (χ2v) is 14.9. The maximum atomic E-state index is 14.1. The van der Waals surface area contributed by atoms with Gasteiger partial charge in [-0.1, -0.05) is 91.0 Å². The van der Waals surface area contributed by atoms with Gasteiger partial charge >= 0.3 is 24.0 Å². The Morgan fingerprint density at radius 2 is 1.23 bits per heavy atom. The summed E-state index contributed by atoms with van der Waals surface area (Å²) in [5.74, 6) is -7.85. The van der Waals surface area contributed by atoms with Gasteiger partial charge in [-0.2, -0.15) is 0 Å². The van der Waals surface area contributed by atoms with Crippen LogP contribution in [0.15, 0.2) is 96.0 Å². The van der Waals surface area contributed by atoms with Gasteiger partial charge in [0.25, 0.3) is 0 Å². The quantitative estimate of drug-likeness (QED) is 0.0251. The van der Waals surface area contributed by atoms with E-state index in [0.29, 0.717) is 23.1 Å². The number of amides is 5. The molecule has 0 saturated carbocycles. The van der Waals surface area contributed by atoms with Crippen LogP contribution in [0.3, 0.4) is 0 Å². The van der Waals surface area contributed by atoms with E-state index in [1.54, 1.807) is 91.0 Å². The monoisotopic (exact) mass is 902 g/mol. The highest BCUT2D eigenvalue weighted by Gasteiger charge is 2.40. The van der Waals surface area contributed by atoms with Crippen LogP contribution in [-0.4, -0.2) is 119 Å². The van der Waals surface area contributed by atoms with E-state index in [2.05, 4.69) is 26.3 Å². The van der Waals surface area contributed by atoms with E-state index in [4.69, 9.17) is 25.7 Å². The number of carbonyl (C=O) groups is 8. The fourth-order valence-electron chi connectivity index (χ4n) is 6.58. The Morgan fingerprint density at radius 1 is 0.677 bits per heavy atom. The van der Waals surface area contributed by atoms with E-state index in [0.717, 1.165) is 4.90 Å². The zero-order chi connectivity index (χ0) is 47.1. The zero-order valence-corrected chi connectivity index (χ0v) is 35.5. The number of nitrogens with one attached hydrogen (secondary N) is 4. The number of aliphatic carboxylic acids is 2. The third-order valence-electron chi connectivity index (χ3n) is 9.86. The number of carboxylic acids is 2. The lowest BCUT2D eigenvalue weighted by atomic mass is 10.1. The van der Waals surface area contributed by atoms with Gasteiger partial charge in [-0.3, -0.25) is 33.8 Å². The first kappa shape index (κ1) is 50.1. The lowest BCUT2D eigenvalue weighted by Gasteiger charge is -2.30. The van der Waals surface area contributed by atoms with Crippen LogP contribution in [0.5, 0.6) is 0 Å². The number of rotatable bonds is 25. The van der Waals surface area contributed by atoms with Gasteiger partial charge in [-0.25, -0.2) is 9.59 Å². The normalized spacial score (nSPS) is 14.9. The number of guanidine groups is 1. The molecule has 65 heavy (non-hydrogen) atoms. The maximum Gasteiger partial charge on any atom is 0.408 e. The molecule has 348 valence electrons. The van der Waals surface area contributed by atoms with Gasteiger partial charge in [0.05, 0.1) is 26.1 Å². The van der Waals surface area contributed by atoms with E-state index < -0.39 is 97.3 Å². The van der Waals surface area contributed by atoms with Gasteiger partial charge in [0.2, 0.25) is 23.6 Å². The Kier molecular flexibility index (Phi) is 20.2. The van der Waals surface area contributed by atoms with E-state index in [-0.39, 0.29) is 58.1 Å². The number of esters is 1. The molecule has 21 nitrogen and oxygen atoms in total. The summed E-state index contributed by atoms with van der Waals surface area (Å²) in [7, 11) is 0. The summed E-state index contributed by atoms with van der Waals surface area (Å²) in [6.07, 6.45) is -2.19. The molecule has 1 saturated heterocycles. The molecule has 0 radical (unpaired) electrons. The molecule has 1 heterocycles. The first-order valence-corrected chi connectivity index (χ1v) is 20.7. The Hall–Kier alpha value is -7.55. The molecule has 0 aromatic heterocycles. The largest absolute Gasteiger partial charge is 0.481 e. The van der Waals surface area contributed by atoms with Crippen LogP contribution in [0.25, 0.3) is 0 Å². The molecule has 1 aliphatic heterocycles. The average molecular weight is 903 g/mol. The lowest BCUT2D eigenvalue weighted by molar-refractivity contribution is -0.148. The van der Waals surface area contributed by atoms with Crippen molar-refractivity contribution in [3.05, 3.63) is 108 Å². The highest BCUT2D eigenvalue weighted by atomic mass is 16.5. The molecule has 0 spiro atoms. The van der Waals surface area contributed by atoms with Gasteiger partial charge in [-0.05, 0) is 42.4 Å². The van der Waals surface area contributed by atoms with Gasteiger partial charge in [-0.15, -0.1) is 0 Å². The molecule has 0 unspecified atom stereocenters. The molecule has 4 rings (SSSR count). The number of carbonyl (C=O) groups excluding carboxylic acids is 6. The van der Waals surface area contributed by atoms with Crippen molar-refractivity contribution < 1.29 is 62.8 Å². The first-order chi connectivity index (χ1) is 31.2. The molecule has 3 aromatic carbocycles. The summed E-state index contributed by atoms with van der Waals surface area (Å²) in [5, 5.41) is 29.1. The number of benzene rings is 3. The molecule has 1 aliphatic rings. The minimum Gasteiger partial charge on any atom is -0.481 e. The molecule has 21 heteroatoms. The molecule has 5 atom stereocenters. The van der Waals surface area contributed by atoms with Crippen LogP contribution < -0.4 is 32.7 Å². The number of aliphatic imine (C=N–C) groups is 1. The maximum absolute atomic E-state index is 14.1. The summed E-state index contributed by atoms with van der Waals surface area (Å²) in [6, 6.07) is 18.4. The molecule has 0 bridgehead atoms. The predicted molar refractivity (Wildman–Crippen MR) is 231 cm³/mol. The minimum absolute atomic E-state index is 0.0282. The molecule has 1 fully saturated rings. The fraction of sp³-hybridized carbons (Fsp3) is 0.386. The van der Waals surface area contributed by atoms with Crippen LogP contribution in [0.1, 0.15) is 55.2 Å². The Balaban J connectivity index is 1.53. The van der Waals surface area contributed by atoms with Crippen molar-refractivity contribution >= 4 is 53.6 Å². The SMILES string of the molecule is NC(N)=NCCC[C@H](NC(=O)[C@@H]1CCCN1C(=O)[C@H](CC(=O)O)NC(=O)[C@H](COCc1ccccc1)NC(=O)[C@H](CC(=O)OCc1ccccc1)NC(=O)OCc1ccccc1)C(=O)O. The van der Waals surface area contributed by atoms with E-state index in [1.807, 2.05) is 0 Å². The standard InChI is InChI=1S/C44H54N8O13/c45-43(46)47-20-10-18-31(42(60)61)48-40(58)35-19-11-21-52(35)41(59)33(22-36(53)54)49-39(57)34(27-63-24-28-12-4-1-5-13-28)50-38(56)32(23-37(55)64-25-29-14-6-2-7-15-29)51-44(62)65-26-30-16-8-3-9-17-30/h1-9,12-17,31-35H,10-11,18-27H2,(H,48,58)(H,49,57)(H,50,56)(H,51,62)(H,53,54)(H,60,61)(H4,45,46,47)/t31-,32-,33-,34-,35-/m0/s1. The number of nitrogens with two attached hydrogens (primary N) is 2. The van der Waals surface area contributed by atoms with Gasteiger partial charge in [0, 0.05) is 13.1 Å². The van der Waals surface area contributed by atoms with Crippen molar-refractivity contribution in [3.8, 4) is 0 Å². The highest BCUT2D eigenvalue weighted by molar-refractivity contribution is 5.98. The number of likely N-dealkylation sites (tertiary alicyclic amines) is 1. The molecule has 5 amide bonds. The number of nitrogens with zero attached hydrogens (tertiary/aromatic N) is 2. The molecule has 3 aromatic rings. The number of carboxylic acid groups (broad SMARTS) is 2. The van der Waals surface area contributed by atoms with Crippen molar-refractivity contribution in [1.29, 1.82) is 0 Å². The van der Waals surface area contributed by atoms with Crippen LogP contribution in [0.2, 0.25) is 0 Å². The predicted octanol–water partition coefficient (Wildman–Crippen LogP) is 0.690. The number of hydrogen-bond acceptors (Lipinski definition) is 12. The Morgan fingerprint density at radius 3 is 1.80 bits per heavy atom. The van der Waals surface area contributed by atoms with Crippen LogP contribution in [0, 0.1) is 0 Å². The van der Waals surface area contributed by atoms with Crippen molar-refractivity contribution in [2.75, 3.05) is 19.7 Å². The third kappa shape index (κ3) is 17.6. The molecular weight excluding hydrogens is 849 g/mol. The van der Waals surface area contributed by atoms with Crippen LogP contribution in [0.4, 0.5) is 4.79 Å². The van der Waals surface area contributed by atoms with E-state index >= 15 is 0 Å². The topological polar surface area (TPSA) is 320 Å². The number of hydrogen-bond donors (Lipinski definition) is 8. The van der Waals surface area contributed by atoms with Crippen molar-refractivity contribution in [2.24, 2.45) is 16.5 Å². The number of alkyl carbamates (subject to hydrolysis) is 1. The second kappa shape index (κ2) is 26.2. The summed E-state index contributed by atoms with van der Waals surface area (Å²) in [4.78, 5) is 110. The van der Waals surface area contributed by atoms with E-state index in [9.17, 15) is 48.6 Å². The van der Waals surface area contributed by atoms with Gasteiger partial charge in [0.15, 0.2) is 5.96 Å². The lowest BCUT2D eigenvalue weighted by Crippen LogP contribution is -2.60. The van der Waals surface area contributed by atoms with Crippen LogP contribution >= 0.6 is 0 Å². The van der Waals surface area contributed by atoms with Crippen molar-refractivity contribution in [2.45, 2.75) is 88.6 Å². The summed E-state index contributed by atoms with van der Waals surface area (Å²) >= 11 is 0. The Labute approximate surface area is 374 Å². The highest BCUT2D eigenvalue weighted by Crippen LogP contribution is 2.20. The van der Waals surface area contributed by atoms with Crippen LogP contribution in [-0.2, 0) is 67.6 Å². The third-order valence-corrected chi connectivity index (χ3v) is 9.86. The minimum atomic E-state index is -1.79. The van der Waals surface area contributed by atoms with Gasteiger partial charge < -0.3 is 62.1 Å². The van der Waals surface area contributed by atoms with Crippen molar-refractivity contribution in [3.63, 3.8) is 0 Å². The van der Waals surface area contributed by atoms with E-state index in [1.165, 1.54) is 0 Å². The smallest absolute Gasteiger partial charge is 0.408 e. The molecule has 10 N–H and O–H groups in total. The number of ether oxygens (including phenoxy) is 3. The van der Waals surface area contributed by atoms with Crippen molar-refractivity contribution in [1.82, 2.24) is 26.2 Å². The fourth-order valence-corrected chi connectivity index (χ4v) is 6.58. The van der Waals surface area contributed by atoms with Gasteiger partial charge in [0.1, 0.15) is 43.4 Å². The second-order valence-electron chi connectivity index (χ2n) is 14.9. The zero-order valence-electron chi connectivity index (χ0n) is 35.5. The average Bonchev–Trinajstić information content (AvgIpc) is 3.79. The Bertz CT molecular complexity index is 2050. The molecule has 0 aliphatic carbocycles. The summed E-state index contributed by atoms with van der Waals surface area (Å²) in [6.45, 7) is -0.849. The first-order valence-electron chi connectivity index (χ1n) is 20.7.